The Labute approximate surface area is 121 Å². The third-order valence-electron chi connectivity index (χ3n) is 2.66. The van der Waals surface area contributed by atoms with E-state index in [1.807, 2.05) is 13.0 Å². The molecule has 0 aromatic heterocycles. The minimum absolute atomic E-state index is 0.138. The molecule has 0 saturated heterocycles. The van der Waals surface area contributed by atoms with Crippen LogP contribution in [0.4, 0.5) is 5.69 Å². The molecule has 2 N–H and O–H groups in total. The van der Waals surface area contributed by atoms with Crippen LogP contribution in [0.5, 0.6) is 0 Å². The minimum atomic E-state index is -3.49. The Morgan fingerprint density at radius 3 is 2.45 bits per heavy atom. The van der Waals surface area contributed by atoms with Crippen molar-refractivity contribution < 1.29 is 13.2 Å². The van der Waals surface area contributed by atoms with Gasteiger partial charge in [0, 0.05) is 19.7 Å². The third kappa shape index (κ3) is 5.11. The molecule has 0 spiro atoms. The maximum Gasteiger partial charge on any atom is 0.242 e. The zero-order valence-electron chi connectivity index (χ0n) is 12.5. The molecule has 0 radical (unpaired) electrons. The van der Waals surface area contributed by atoms with E-state index >= 15 is 0 Å². The number of benzene rings is 1. The fraction of sp³-hybridized carbons (Fsp3) is 0.571. The van der Waals surface area contributed by atoms with Crippen molar-refractivity contribution in [3.63, 3.8) is 0 Å². The topological polar surface area (TPSA) is 67.4 Å². The lowest BCUT2D eigenvalue weighted by Crippen LogP contribution is -2.31. The molecule has 1 atom stereocenters. The lowest BCUT2D eigenvalue weighted by atomic mass is 10.2. The maximum absolute atomic E-state index is 12.3. The van der Waals surface area contributed by atoms with Gasteiger partial charge in [-0.05, 0) is 31.9 Å². The maximum atomic E-state index is 12.3. The molecule has 0 bridgehead atoms. The summed E-state index contributed by atoms with van der Waals surface area (Å²) >= 11 is 0. The summed E-state index contributed by atoms with van der Waals surface area (Å²) in [5.41, 5.74) is 0.614. The number of sulfonamides is 1. The van der Waals surface area contributed by atoms with E-state index in [2.05, 4.69) is 10.0 Å². The standard InChI is InChI=1S/C14H24N2O3S/c1-11(2)16-20(17,18)14-8-6-5-7-13(14)15-9-12(3)10-19-4/h5-8,11-12,15-16H,9-10H2,1-4H3. The first kappa shape index (κ1) is 16.9. The summed E-state index contributed by atoms with van der Waals surface area (Å²) in [7, 11) is -1.84. The highest BCUT2D eigenvalue weighted by atomic mass is 32.2. The van der Waals surface area contributed by atoms with Gasteiger partial charge in [-0.1, -0.05) is 19.1 Å². The molecule has 1 aromatic rings. The molecule has 0 fully saturated rings. The molecule has 20 heavy (non-hydrogen) atoms. The van der Waals surface area contributed by atoms with Crippen molar-refractivity contribution in [3.05, 3.63) is 24.3 Å². The Bertz CT molecular complexity index is 515. The first-order valence-corrected chi connectivity index (χ1v) is 8.19. The average molecular weight is 300 g/mol. The van der Waals surface area contributed by atoms with Crippen LogP contribution < -0.4 is 10.0 Å². The Balaban J connectivity index is 2.88. The summed E-state index contributed by atoms with van der Waals surface area (Å²) in [4.78, 5) is 0.276. The van der Waals surface area contributed by atoms with Crippen molar-refractivity contribution >= 4 is 15.7 Å². The lowest BCUT2D eigenvalue weighted by Gasteiger charge is -2.17. The van der Waals surface area contributed by atoms with E-state index in [-0.39, 0.29) is 10.9 Å². The second-order valence-electron chi connectivity index (χ2n) is 5.21. The van der Waals surface area contributed by atoms with Crippen molar-refractivity contribution in [2.45, 2.75) is 31.7 Å². The summed E-state index contributed by atoms with van der Waals surface area (Å²) in [6.45, 7) is 6.93. The Morgan fingerprint density at radius 2 is 1.85 bits per heavy atom. The van der Waals surface area contributed by atoms with Gasteiger partial charge < -0.3 is 10.1 Å². The Morgan fingerprint density at radius 1 is 1.20 bits per heavy atom. The van der Waals surface area contributed by atoms with Crippen molar-refractivity contribution in [1.82, 2.24) is 4.72 Å². The molecule has 0 aliphatic rings. The van der Waals surface area contributed by atoms with Gasteiger partial charge in [-0.25, -0.2) is 13.1 Å². The van der Waals surface area contributed by atoms with E-state index in [9.17, 15) is 8.42 Å². The zero-order valence-corrected chi connectivity index (χ0v) is 13.3. The first-order valence-electron chi connectivity index (χ1n) is 6.71. The molecule has 0 aliphatic heterocycles. The summed E-state index contributed by atoms with van der Waals surface area (Å²) < 4.78 is 32.2. The summed E-state index contributed by atoms with van der Waals surface area (Å²) in [5, 5.41) is 3.18. The summed E-state index contributed by atoms with van der Waals surface area (Å²) in [6, 6.07) is 6.78. The fourth-order valence-electron chi connectivity index (χ4n) is 1.85. The molecule has 0 heterocycles. The summed E-state index contributed by atoms with van der Waals surface area (Å²) in [6.07, 6.45) is 0. The average Bonchev–Trinajstić information content (AvgIpc) is 2.35. The predicted molar refractivity (Wildman–Crippen MR) is 81.4 cm³/mol. The van der Waals surface area contributed by atoms with E-state index in [0.29, 0.717) is 24.8 Å². The second kappa shape index (κ2) is 7.61. The van der Waals surface area contributed by atoms with Crippen LogP contribution in [0.15, 0.2) is 29.2 Å². The van der Waals surface area contributed by atoms with Gasteiger partial charge in [0.15, 0.2) is 0 Å². The lowest BCUT2D eigenvalue weighted by molar-refractivity contribution is 0.164. The van der Waals surface area contributed by atoms with Gasteiger partial charge in [0.2, 0.25) is 10.0 Å². The molecule has 1 rings (SSSR count). The van der Waals surface area contributed by atoms with Crippen LogP contribution in [0.25, 0.3) is 0 Å². The van der Waals surface area contributed by atoms with Crippen LogP contribution in [0, 0.1) is 5.92 Å². The van der Waals surface area contributed by atoms with Crippen molar-refractivity contribution in [2.24, 2.45) is 5.92 Å². The van der Waals surface area contributed by atoms with E-state index in [1.54, 1.807) is 39.2 Å². The van der Waals surface area contributed by atoms with Crippen molar-refractivity contribution in [1.29, 1.82) is 0 Å². The largest absolute Gasteiger partial charge is 0.384 e. The Hall–Kier alpha value is -1.11. The molecule has 1 aromatic carbocycles. The SMILES string of the molecule is COCC(C)CNc1ccccc1S(=O)(=O)NC(C)C. The monoisotopic (exact) mass is 300 g/mol. The van der Waals surface area contributed by atoms with Crippen LogP contribution in [0.2, 0.25) is 0 Å². The zero-order chi connectivity index (χ0) is 15.2. The second-order valence-corrected chi connectivity index (χ2v) is 6.90. The van der Waals surface area contributed by atoms with Crippen LogP contribution >= 0.6 is 0 Å². The van der Waals surface area contributed by atoms with Crippen LogP contribution in [0.1, 0.15) is 20.8 Å². The highest BCUT2D eigenvalue weighted by Crippen LogP contribution is 2.21. The predicted octanol–water partition coefficient (Wildman–Crippen LogP) is 2.07. The molecule has 0 aliphatic carbocycles. The van der Waals surface area contributed by atoms with Crippen molar-refractivity contribution in [2.75, 3.05) is 25.6 Å². The van der Waals surface area contributed by atoms with Crippen molar-refractivity contribution in [3.8, 4) is 0 Å². The number of anilines is 1. The molecule has 6 heteroatoms. The van der Waals surface area contributed by atoms with Gasteiger partial charge in [0.25, 0.3) is 0 Å². The number of rotatable bonds is 8. The molecule has 0 saturated carbocycles. The van der Waals surface area contributed by atoms with E-state index in [1.165, 1.54) is 0 Å². The smallest absolute Gasteiger partial charge is 0.242 e. The normalized spacial score (nSPS) is 13.4. The van der Waals surface area contributed by atoms with Gasteiger partial charge in [-0.2, -0.15) is 0 Å². The highest BCUT2D eigenvalue weighted by Gasteiger charge is 2.19. The number of para-hydroxylation sites is 1. The third-order valence-corrected chi connectivity index (χ3v) is 4.38. The summed E-state index contributed by atoms with van der Waals surface area (Å²) in [5.74, 6) is 0.300. The van der Waals surface area contributed by atoms with Crippen LogP contribution in [0.3, 0.4) is 0 Å². The van der Waals surface area contributed by atoms with E-state index in [0.717, 1.165) is 0 Å². The number of methoxy groups -OCH3 is 1. The minimum Gasteiger partial charge on any atom is -0.384 e. The van der Waals surface area contributed by atoms with Gasteiger partial charge >= 0.3 is 0 Å². The molecule has 114 valence electrons. The number of ether oxygens (including phenoxy) is 1. The molecular formula is C14H24N2O3S. The fourth-order valence-corrected chi connectivity index (χ4v) is 3.28. The van der Waals surface area contributed by atoms with E-state index in [4.69, 9.17) is 4.74 Å². The van der Waals surface area contributed by atoms with Gasteiger partial charge in [-0.15, -0.1) is 0 Å². The van der Waals surface area contributed by atoms with Gasteiger partial charge in [0.1, 0.15) is 4.90 Å². The quantitative estimate of drug-likeness (QED) is 0.771. The number of hydrogen-bond acceptors (Lipinski definition) is 4. The van der Waals surface area contributed by atoms with E-state index < -0.39 is 10.0 Å². The highest BCUT2D eigenvalue weighted by molar-refractivity contribution is 7.89. The van der Waals surface area contributed by atoms with Crippen LogP contribution in [-0.2, 0) is 14.8 Å². The molecule has 5 nitrogen and oxygen atoms in total. The molecular weight excluding hydrogens is 276 g/mol. The number of nitrogens with one attached hydrogen (secondary N) is 2. The molecule has 1 unspecified atom stereocenters. The van der Waals surface area contributed by atoms with Gasteiger partial charge in [-0.3, -0.25) is 0 Å². The molecule has 0 amide bonds. The van der Waals surface area contributed by atoms with Gasteiger partial charge in [0.05, 0.1) is 12.3 Å². The first-order chi connectivity index (χ1) is 9.36. The Kier molecular flexibility index (Phi) is 6.45. The number of hydrogen-bond donors (Lipinski definition) is 2. The van der Waals surface area contributed by atoms with Crippen LogP contribution in [-0.4, -0.2) is 34.7 Å².